The number of amides is 1. The van der Waals surface area contributed by atoms with Crippen LogP contribution in [0.15, 0.2) is 65.6 Å². The predicted octanol–water partition coefficient (Wildman–Crippen LogP) is 4.21. The molecule has 0 radical (unpaired) electrons. The van der Waals surface area contributed by atoms with Crippen molar-refractivity contribution in [1.82, 2.24) is 14.3 Å². The van der Waals surface area contributed by atoms with E-state index in [1.807, 2.05) is 48.7 Å². The summed E-state index contributed by atoms with van der Waals surface area (Å²) in [7, 11) is 0. The van der Waals surface area contributed by atoms with Crippen LogP contribution in [0.5, 0.6) is 0 Å². The molecule has 7 heteroatoms. The van der Waals surface area contributed by atoms with Crippen molar-refractivity contribution in [3.8, 4) is 5.69 Å². The quantitative estimate of drug-likeness (QED) is 0.483. The van der Waals surface area contributed by atoms with E-state index in [1.165, 1.54) is 11.6 Å². The van der Waals surface area contributed by atoms with E-state index in [9.17, 15) is 14.4 Å². The molecule has 0 fully saturated rings. The lowest BCUT2D eigenvalue weighted by Gasteiger charge is -2.18. The molecule has 0 saturated heterocycles. The molecule has 32 heavy (non-hydrogen) atoms. The molecule has 2 heterocycles. The summed E-state index contributed by atoms with van der Waals surface area (Å²) < 4.78 is 3.23. The van der Waals surface area contributed by atoms with Gasteiger partial charge in [0.2, 0.25) is 5.91 Å². The molecular weight excluding hydrogens is 404 g/mol. The van der Waals surface area contributed by atoms with Gasteiger partial charge in [0.15, 0.2) is 5.78 Å². The number of fused-ring (bicyclic) bond motifs is 1. The number of nitrogens with zero attached hydrogens (tertiary/aromatic N) is 3. The highest BCUT2D eigenvalue weighted by atomic mass is 16.2. The monoisotopic (exact) mass is 428 g/mol. The van der Waals surface area contributed by atoms with Gasteiger partial charge in [0, 0.05) is 28.0 Å². The van der Waals surface area contributed by atoms with Crippen molar-refractivity contribution < 1.29 is 9.59 Å². The number of anilines is 1. The van der Waals surface area contributed by atoms with Gasteiger partial charge in [0.05, 0.1) is 17.3 Å². The average Bonchev–Trinajstić information content (AvgIpc) is 3.04. The largest absolute Gasteiger partial charge is 0.336 e. The van der Waals surface area contributed by atoms with Crippen molar-refractivity contribution in [2.75, 3.05) is 5.32 Å². The van der Waals surface area contributed by atoms with Crippen LogP contribution in [0.4, 0.5) is 5.69 Å². The van der Waals surface area contributed by atoms with Gasteiger partial charge in [-0.3, -0.25) is 14.4 Å². The molecule has 0 spiro atoms. The van der Waals surface area contributed by atoms with Crippen LogP contribution in [0.1, 0.15) is 41.6 Å². The van der Waals surface area contributed by atoms with E-state index in [0.29, 0.717) is 28.0 Å². The molecule has 4 aromatic rings. The Kier molecular flexibility index (Phi) is 5.48. The van der Waals surface area contributed by atoms with E-state index in [-0.39, 0.29) is 17.2 Å². The number of ketones is 1. The molecular formula is C25H24N4O3. The lowest BCUT2D eigenvalue weighted by molar-refractivity contribution is -0.118. The number of rotatable bonds is 5. The van der Waals surface area contributed by atoms with E-state index in [4.69, 9.17) is 0 Å². The first kappa shape index (κ1) is 21.2. The molecule has 0 bridgehead atoms. The Morgan fingerprint density at radius 3 is 2.41 bits per heavy atom. The minimum absolute atomic E-state index is 0.0697. The first-order valence-corrected chi connectivity index (χ1v) is 10.4. The third-order valence-electron chi connectivity index (χ3n) is 5.76. The number of carbonyl (C=O) groups excluding carboxylic acids is 2. The molecule has 1 N–H and O–H groups in total. The zero-order valence-electron chi connectivity index (χ0n) is 18.4. The molecule has 0 unspecified atom stereocenters. The summed E-state index contributed by atoms with van der Waals surface area (Å²) >= 11 is 0. The van der Waals surface area contributed by atoms with Crippen molar-refractivity contribution in [3.05, 3.63) is 88.1 Å². The highest BCUT2D eigenvalue weighted by molar-refractivity contribution is 5.98. The van der Waals surface area contributed by atoms with Crippen LogP contribution in [0, 0.1) is 13.8 Å². The summed E-state index contributed by atoms with van der Waals surface area (Å²) in [4.78, 5) is 37.9. The molecule has 2 aromatic heterocycles. The second-order valence-electron chi connectivity index (χ2n) is 7.83. The van der Waals surface area contributed by atoms with Gasteiger partial charge in [0.1, 0.15) is 6.04 Å². The second kappa shape index (κ2) is 8.26. The molecule has 0 saturated carbocycles. The Labute approximate surface area is 185 Å². The van der Waals surface area contributed by atoms with Crippen LogP contribution in [-0.4, -0.2) is 26.0 Å². The number of nitrogens with one attached hydrogen (secondary N) is 1. The van der Waals surface area contributed by atoms with Crippen molar-refractivity contribution in [2.24, 2.45) is 0 Å². The van der Waals surface area contributed by atoms with Crippen LogP contribution in [0.2, 0.25) is 0 Å². The maximum atomic E-state index is 13.3. The van der Waals surface area contributed by atoms with Gasteiger partial charge in [-0.15, -0.1) is 0 Å². The fraction of sp³-hybridized carbons (Fsp3) is 0.200. The van der Waals surface area contributed by atoms with Crippen molar-refractivity contribution in [3.63, 3.8) is 0 Å². The molecule has 0 aliphatic rings. The summed E-state index contributed by atoms with van der Waals surface area (Å²) in [6.07, 6.45) is 1.67. The fourth-order valence-electron chi connectivity index (χ4n) is 4.09. The molecule has 1 amide bonds. The van der Waals surface area contributed by atoms with Crippen LogP contribution in [0.25, 0.3) is 16.5 Å². The number of aromatic nitrogens is 3. The van der Waals surface area contributed by atoms with Crippen LogP contribution in [-0.2, 0) is 4.79 Å². The molecule has 1 atom stereocenters. The molecule has 0 aliphatic carbocycles. The second-order valence-corrected chi connectivity index (χ2v) is 7.83. The van der Waals surface area contributed by atoms with E-state index in [0.717, 1.165) is 11.1 Å². The summed E-state index contributed by atoms with van der Waals surface area (Å²) in [5.41, 5.74) is 3.03. The van der Waals surface area contributed by atoms with Crippen molar-refractivity contribution in [1.29, 1.82) is 0 Å². The Bertz CT molecular complexity index is 1400. The summed E-state index contributed by atoms with van der Waals surface area (Å²) in [5, 5.41) is 8.49. The van der Waals surface area contributed by atoms with Crippen molar-refractivity contribution in [2.45, 2.75) is 33.7 Å². The Morgan fingerprint density at radius 2 is 1.72 bits per heavy atom. The molecule has 0 aliphatic heterocycles. The lowest BCUT2D eigenvalue weighted by Crippen LogP contribution is -2.25. The molecule has 2 aromatic carbocycles. The van der Waals surface area contributed by atoms with Crippen LogP contribution >= 0.6 is 0 Å². The number of hydrogen-bond donors (Lipinski definition) is 1. The topological polar surface area (TPSA) is 86.0 Å². The number of aryl methyl sites for hydroxylation is 2. The van der Waals surface area contributed by atoms with Crippen LogP contribution < -0.4 is 10.9 Å². The van der Waals surface area contributed by atoms with Gasteiger partial charge in [-0.2, -0.15) is 9.78 Å². The van der Waals surface area contributed by atoms with Crippen molar-refractivity contribution >= 4 is 28.2 Å². The molecule has 4 rings (SSSR count). The highest BCUT2D eigenvalue weighted by Crippen LogP contribution is 2.27. The number of para-hydroxylation sites is 1. The highest BCUT2D eigenvalue weighted by Gasteiger charge is 2.24. The van der Waals surface area contributed by atoms with E-state index < -0.39 is 6.04 Å². The third-order valence-corrected chi connectivity index (χ3v) is 5.76. The average molecular weight is 428 g/mol. The summed E-state index contributed by atoms with van der Waals surface area (Å²) in [6, 6.07) is 15.5. The lowest BCUT2D eigenvalue weighted by atomic mass is 10.1. The third kappa shape index (κ3) is 3.62. The number of hydrogen-bond acceptors (Lipinski definition) is 4. The van der Waals surface area contributed by atoms with E-state index in [2.05, 4.69) is 10.4 Å². The Hall–Kier alpha value is -4.00. The standard InChI is InChI=1S/C25H24N4O3/c1-15-22-14-26-29(21-11-6-5-7-12-21)25(32)23(22)16(2)28(15)17(3)24(31)27-20-10-8-9-19(13-20)18(4)30/h5-14,17H,1-4H3,(H,27,31)/t17-/m0/s1. The first-order valence-electron chi connectivity index (χ1n) is 10.4. The summed E-state index contributed by atoms with van der Waals surface area (Å²) in [5.74, 6) is -0.312. The van der Waals surface area contributed by atoms with Gasteiger partial charge in [-0.1, -0.05) is 30.3 Å². The Morgan fingerprint density at radius 1 is 1.00 bits per heavy atom. The van der Waals surface area contributed by atoms with Gasteiger partial charge >= 0.3 is 0 Å². The zero-order valence-corrected chi connectivity index (χ0v) is 18.4. The maximum absolute atomic E-state index is 13.3. The fourth-order valence-corrected chi connectivity index (χ4v) is 4.09. The number of benzene rings is 2. The van der Waals surface area contributed by atoms with Gasteiger partial charge in [-0.05, 0) is 52.0 Å². The van der Waals surface area contributed by atoms with E-state index in [1.54, 1.807) is 37.4 Å². The number of Topliss-reactive ketones (excluding diaryl/α,β-unsaturated/α-hetero) is 1. The molecule has 162 valence electrons. The minimum atomic E-state index is -0.576. The first-order chi connectivity index (χ1) is 15.3. The van der Waals surface area contributed by atoms with Gasteiger partial charge < -0.3 is 9.88 Å². The number of carbonyl (C=O) groups is 2. The molecule has 7 nitrogen and oxygen atoms in total. The SMILES string of the molecule is CC(=O)c1cccc(NC(=O)[C@H](C)n2c(C)c3cnn(-c4ccccc4)c(=O)c3c2C)c1. The smallest absolute Gasteiger partial charge is 0.281 e. The van der Waals surface area contributed by atoms with Gasteiger partial charge in [0.25, 0.3) is 5.56 Å². The summed E-state index contributed by atoms with van der Waals surface area (Å²) in [6.45, 7) is 6.99. The Balaban J connectivity index is 1.73. The maximum Gasteiger partial charge on any atom is 0.281 e. The predicted molar refractivity (Wildman–Crippen MR) is 125 cm³/mol. The van der Waals surface area contributed by atoms with Crippen LogP contribution in [0.3, 0.4) is 0 Å². The van der Waals surface area contributed by atoms with E-state index >= 15 is 0 Å². The zero-order chi connectivity index (χ0) is 23.0. The minimum Gasteiger partial charge on any atom is -0.336 e. The van der Waals surface area contributed by atoms with Gasteiger partial charge in [-0.25, -0.2) is 0 Å². The normalized spacial score (nSPS) is 12.0.